The van der Waals surface area contributed by atoms with E-state index in [9.17, 15) is 24.9 Å². The van der Waals surface area contributed by atoms with Gasteiger partial charge in [0.15, 0.2) is 11.5 Å². The summed E-state index contributed by atoms with van der Waals surface area (Å²) in [4.78, 5) is 29.4. The topological polar surface area (TPSA) is 160 Å². The second-order valence-electron chi connectivity index (χ2n) is 7.56. The summed E-state index contributed by atoms with van der Waals surface area (Å²) in [5, 5.41) is 32.8. The van der Waals surface area contributed by atoms with Crippen LogP contribution in [0.25, 0.3) is 22.3 Å². The Morgan fingerprint density at radius 2 is 2.09 bits per heavy atom. The molecule has 4 heterocycles. The number of carbonyl (C=O) groups excluding carboxylic acids is 1. The van der Waals surface area contributed by atoms with Gasteiger partial charge in [-0.2, -0.15) is 0 Å². The summed E-state index contributed by atoms with van der Waals surface area (Å²) in [5.41, 5.74) is 5.15. The molecule has 2 aliphatic heterocycles. The van der Waals surface area contributed by atoms with Crippen LogP contribution in [0.3, 0.4) is 0 Å². The number of aliphatic carboxylic acids is 1. The van der Waals surface area contributed by atoms with E-state index in [0.29, 0.717) is 45.0 Å². The van der Waals surface area contributed by atoms with Gasteiger partial charge < -0.3 is 39.9 Å². The normalized spacial score (nSPS) is 15.1. The maximum absolute atomic E-state index is 13.1. The minimum absolute atomic E-state index is 0. The van der Waals surface area contributed by atoms with Crippen LogP contribution in [0.5, 0.6) is 11.5 Å². The monoisotopic (exact) mass is 447 g/mol. The zero-order valence-electron chi connectivity index (χ0n) is 17.5. The number of nitrogens with zero attached hydrogens (tertiary/aromatic N) is 2. The summed E-state index contributed by atoms with van der Waals surface area (Å²) in [6.07, 6.45) is -0.247. The van der Waals surface area contributed by atoms with Crippen LogP contribution in [0.4, 0.5) is 5.69 Å². The molecule has 1 atom stereocenters. The Hall–Kier alpha value is -2.63. The third-order valence-electron chi connectivity index (χ3n) is 6.00. The minimum Gasteiger partial charge on any atom is -0.547 e. The van der Waals surface area contributed by atoms with Crippen molar-refractivity contribution in [2.75, 3.05) is 12.5 Å². The van der Waals surface area contributed by atoms with Crippen molar-refractivity contribution >= 4 is 22.6 Å². The minimum atomic E-state index is -2.43. The molecule has 11 heteroatoms. The molecule has 10 nitrogen and oxygen atoms in total. The van der Waals surface area contributed by atoms with Crippen molar-refractivity contribution in [2.45, 2.75) is 32.1 Å². The zero-order chi connectivity index (χ0) is 22.1. The van der Waals surface area contributed by atoms with Crippen molar-refractivity contribution in [3.63, 3.8) is 0 Å². The zero-order valence-corrected chi connectivity index (χ0v) is 19.5. The first-order valence-electron chi connectivity index (χ1n) is 9.64. The van der Waals surface area contributed by atoms with E-state index in [0.717, 1.165) is 0 Å². The quantitative estimate of drug-likeness (QED) is 0.214. The number of hydrogen-bond acceptors (Lipinski definition) is 9. The molecule has 32 heavy (non-hydrogen) atoms. The first-order valence-corrected chi connectivity index (χ1v) is 9.64. The number of fused-ring (bicyclic) bond motifs is 5. The molecule has 2 aromatic heterocycles. The van der Waals surface area contributed by atoms with Crippen LogP contribution in [-0.2, 0) is 23.5 Å². The summed E-state index contributed by atoms with van der Waals surface area (Å²) in [5.74, 6) is -0.852. The molecule has 1 unspecified atom stereocenters. The summed E-state index contributed by atoms with van der Waals surface area (Å²) >= 11 is 0. The molecule has 0 fully saturated rings. The standard InChI is InChI=1S/C21H19N3O7.Na/c1-2-21(29,20(27)28)12-4-14-17-9(6-24(14)19(26)11(12)7-25)3-10-13(23-17)5-15-18(16(10)22)31-8-30-15;/h3-5,25,29H,2,6-8,22H2,1H3,(H,27,28);/q;+1/p-1. The van der Waals surface area contributed by atoms with Crippen molar-refractivity contribution in [1.82, 2.24) is 9.55 Å². The van der Waals surface area contributed by atoms with Crippen LogP contribution in [0.1, 0.15) is 30.0 Å². The number of aromatic nitrogens is 2. The van der Waals surface area contributed by atoms with E-state index in [1.54, 1.807) is 12.1 Å². The maximum atomic E-state index is 13.1. The van der Waals surface area contributed by atoms with Crippen molar-refractivity contribution < 1.29 is 59.1 Å². The van der Waals surface area contributed by atoms with Gasteiger partial charge in [-0.05, 0) is 18.6 Å². The molecular weight excluding hydrogens is 429 g/mol. The molecule has 5 rings (SSSR count). The van der Waals surface area contributed by atoms with Gasteiger partial charge in [-0.15, -0.1) is 0 Å². The number of nitrogen functional groups attached to an aromatic ring is 1. The molecular formula is C21H18N3NaO7. The fraction of sp³-hybridized carbons (Fsp3) is 0.286. The number of carbonyl (C=O) groups is 1. The Morgan fingerprint density at radius 1 is 1.34 bits per heavy atom. The van der Waals surface area contributed by atoms with Crippen LogP contribution in [0.15, 0.2) is 23.0 Å². The van der Waals surface area contributed by atoms with Gasteiger partial charge in [0.2, 0.25) is 6.79 Å². The van der Waals surface area contributed by atoms with Crippen molar-refractivity contribution in [1.29, 1.82) is 0 Å². The molecule has 0 amide bonds. The predicted molar refractivity (Wildman–Crippen MR) is 106 cm³/mol. The number of aliphatic hydroxyl groups excluding tert-OH is 1. The Morgan fingerprint density at radius 3 is 2.75 bits per heavy atom. The molecule has 0 aliphatic carbocycles. The number of pyridine rings is 2. The van der Waals surface area contributed by atoms with E-state index in [1.807, 2.05) is 0 Å². The smallest absolute Gasteiger partial charge is 0.547 e. The number of benzene rings is 1. The summed E-state index contributed by atoms with van der Waals surface area (Å²) in [6.45, 7) is 0.931. The average molecular weight is 447 g/mol. The van der Waals surface area contributed by atoms with E-state index in [-0.39, 0.29) is 60.4 Å². The molecule has 0 bridgehead atoms. The molecule has 2 aliphatic rings. The van der Waals surface area contributed by atoms with E-state index in [4.69, 9.17) is 15.2 Å². The number of rotatable bonds is 4. The molecule has 4 N–H and O–H groups in total. The van der Waals surface area contributed by atoms with Crippen LogP contribution in [-0.4, -0.2) is 32.5 Å². The number of anilines is 1. The SMILES string of the molecule is CCC(O)(C(=O)[O-])c1cc2n(c(=O)c1CO)Cc1cc3c(N)c4c(cc3nc1-2)OCO4.[Na+]. The number of aliphatic hydroxyl groups is 2. The predicted octanol–water partition coefficient (Wildman–Crippen LogP) is -3.42. The molecule has 0 saturated heterocycles. The van der Waals surface area contributed by atoms with Gasteiger partial charge in [0, 0.05) is 28.1 Å². The largest absolute Gasteiger partial charge is 1.00 e. The molecule has 0 saturated carbocycles. The van der Waals surface area contributed by atoms with Crippen molar-refractivity contribution in [3.05, 3.63) is 45.2 Å². The second kappa shape index (κ2) is 7.75. The first-order chi connectivity index (χ1) is 14.8. The number of nitrogens with two attached hydrogens (primary N) is 1. The summed E-state index contributed by atoms with van der Waals surface area (Å²) in [7, 11) is 0. The van der Waals surface area contributed by atoms with Crippen LogP contribution < -0.4 is 55.4 Å². The van der Waals surface area contributed by atoms with Crippen LogP contribution >= 0.6 is 0 Å². The molecule has 3 aromatic rings. The Kier molecular flexibility index (Phi) is 5.46. The average Bonchev–Trinajstić information content (AvgIpc) is 3.36. The van der Waals surface area contributed by atoms with E-state index < -0.39 is 23.7 Å². The Labute approximate surface area is 203 Å². The van der Waals surface area contributed by atoms with E-state index >= 15 is 0 Å². The van der Waals surface area contributed by atoms with Crippen LogP contribution in [0, 0.1) is 0 Å². The van der Waals surface area contributed by atoms with E-state index in [1.165, 1.54) is 17.6 Å². The van der Waals surface area contributed by atoms with Crippen LogP contribution in [0.2, 0.25) is 0 Å². The van der Waals surface area contributed by atoms with Gasteiger partial charge in [0.05, 0.1) is 41.7 Å². The van der Waals surface area contributed by atoms with Crippen molar-refractivity contribution in [3.8, 4) is 22.9 Å². The van der Waals surface area contributed by atoms with Crippen molar-refractivity contribution in [2.24, 2.45) is 0 Å². The molecule has 0 spiro atoms. The Bertz CT molecular complexity index is 1350. The van der Waals surface area contributed by atoms with Gasteiger partial charge in [-0.25, -0.2) is 4.98 Å². The fourth-order valence-corrected chi connectivity index (χ4v) is 4.27. The molecule has 160 valence electrons. The van der Waals surface area contributed by atoms with Gasteiger partial charge in [-0.1, -0.05) is 6.92 Å². The third-order valence-corrected chi connectivity index (χ3v) is 6.00. The van der Waals surface area contributed by atoms with Gasteiger partial charge in [0.25, 0.3) is 5.56 Å². The Balaban J connectivity index is 0.00000245. The first kappa shape index (κ1) is 22.6. The molecule has 1 aromatic carbocycles. The van der Waals surface area contributed by atoms with Gasteiger partial charge in [0.1, 0.15) is 5.60 Å². The molecule has 0 radical (unpaired) electrons. The van der Waals surface area contributed by atoms with Gasteiger partial charge in [-0.3, -0.25) is 4.79 Å². The maximum Gasteiger partial charge on any atom is 1.00 e. The summed E-state index contributed by atoms with van der Waals surface area (Å²) < 4.78 is 12.2. The number of carboxylic acids is 1. The third kappa shape index (κ3) is 2.95. The second-order valence-corrected chi connectivity index (χ2v) is 7.56. The number of ether oxygens (including phenoxy) is 2. The number of hydrogen-bond donors (Lipinski definition) is 3. The fourth-order valence-electron chi connectivity index (χ4n) is 4.27. The van der Waals surface area contributed by atoms with Gasteiger partial charge >= 0.3 is 29.6 Å². The van der Waals surface area contributed by atoms with E-state index in [2.05, 4.69) is 4.98 Å². The number of carboxylic acid groups (broad SMARTS) is 1. The summed E-state index contributed by atoms with van der Waals surface area (Å²) in [6, 6.07) is 4.86.